The molecular weight excluding hydrogens is 248 g/mol. The quantitative estimate of drug-likeness (QED) is 0.836. The number of rotatable bonds is 5. The summed E-state index contributed by atoms with van der Waals surface area (Å²) in [7, 11) is 0. The van der Waals surface area contributed by atoms with Gasteiger partial charge < -0.3 is 10.6 Å². The van der Waals surface area contributed by atoms with Gasteiger partial charge >= 0.3 is 0 Å². The van der Waals surface area contributed by atoms with Gasteiger partial charge in [0.05, 0.1) is 6.04 Å². The van der Waals surface area contributed by atoms with Crippen LogP contribution in [0.25, 0.3) is 0 Å². The Kier molecular flexibility index (Phi) is 6.34. The molecule has 2 aliphatic carbocycles. The van der Waals surface area contributed by atoms with Crippen molar-refractivity contribution in [2.45, 2.75) is 102 Å². The number of carbonyl (C=O) groups is 1. The zero-order valence-corrected chi connectivity index (χ0v) is 13.2. The fourth-order valence-corrected chi connectivity index (χ4v) is 4.00. The lowest BCUT2D eigenvalue weighted by Gasteiger charge is -2.43. The Labute approximate surface area is 124 Å². The standard InChI is InChI=1S/C17H32N2O/c1-2-9-16(18)17(20)19(14-10-5-3-6-11-14)15-12-7-4-8-13-15/h14-16H,2-13,18H2,1H3/t16-/m0/s1. The Bertz CT molecular complexity index is 275. The highest BCUT2D eigenvalue weighted by Crippen LogP contribution is 2.30. The molecular formula is C17H32N2O. The normalized spacial score (nSPS) is 23.5. The molecule has 0 aromatic rings. The second-order valence-corrected chi connectivity index (χ2v) is 6.72. The van der Waals surface area contributed by atoms with Crippen LogP contribution in [0, 0.1) is 0 Å². The number of hydrogen-bond donors (Lipinski definition) is 1. The van der Waals surface area contributed by atoms with Gasteiger partial charge in [0.15, 0.2) is 0 Å². The lowest BCUT2D eigenvalue weighted by atomic mass is 9.88. The van der Waals surface area contributed by atoms with Crippen molar-refractivity contribution in [1.29, 1.82) is 0 Å². The minimum atomic E-state index is -0.274. The predicted octanol–water partition coefficient (Wildman–Crippen LogP) is 3.61. The van der Waals surface area contributed by atoms with E-state index in [1.807, 2.05) is 0 Å². The van der Waals surface area contributed by atoms with Crippen LogP contribution in [0.5, 0.6) is 0 Å². The fraction of sp³-hybridized carbons (Fsp3) is 0.941. The van der Waals surface area contributed by atoms with Gasteiger partial charge in [-0.3, -0.25) is 4.79 Å². The third kappa shape index (κ3) is 3.97. The summed E-state index contributed by atoms with van der Waals surface area (Å²) in [6.07, 6.45) is 14.4. The van der Waals surface area contributed by atoms with Crippen LogP contribution in [0.15, 0.2) is 0 Å². The molecule has 116 valence electrons. The molecule has 0 aromatic heterocycles. The monoisotopic (exact) mass is 280 g/mol. The molecule has 0 bridgehead atoms. The summed E-state index contributed by atoms with van der Waals surface area (Å²) in [5.74, 6) is 0.241. The maximum absolute atomic E-state index is 12.8. The highest BCUT2D eigenvalue weighted by atomic mass is 16.2. The van der Waals surface area contributed by atoms with E-state index in [1.54, 1.807) is 0 Å². The van der Waals surface area contributed by atoms with Crippen molar-refractivity contribution in [3.8, 4) is 0 Å². The van der Waals surface area contributed by atoms with Gasteiger partial charge in [0.2, 0.25) is 5.91 Å². The van der Waals surface area contributed by atoms with E-state index >= 15 is 0 Å². The first-order valence-electron chi connectivity index (χ1n) is 8.81. The average Bonchev–Trinajstić information content (AvgIpc) is 2.50. The average molecular weight is 280 g/mol. The van der Waals surface area contributed by atoms with Crippen molar-refractivity contribution < 1.29 is 4.79 Å². The highest BCUT2D eigenvalue weighted by molar-refractivity contribution is 5.82. The van der Waals surface area contributed by atoms with Crippen LogP contribution in [0.1, 0.15) is 84.0 Å². The Balaban J connectivity index is 2.07. The minimum absolute atomic E-state index is 0.241. The van der Waals surface area contributed by atoms with Crippen LogP contribution < -0.4 is 5.73 Å². The van der Waals surface area contributed by atoms with E-state index in [1.165, 1.54) is 64.2 Å². The molecule has 1 amide bonds. The number of nitrogens with zero attached hydrogens (tertiary/aromatic N) is 1. The molecule has 2 fully saturated rings. The molecule has 0 radical (unpaired) electrons. The second-order valence-electron chi connectivity index (χ2n) is 6.72. The van der Waals surface area contributed by atoms with E-state index in [2.05, 4.69) is 11.8 Å². The maximum Gasteiger partial charge on any atom is 0.239 e. The fourth-order valence-electron chi connectivity index (χ4n) is 4.00. The smallest absolute Gasteiger partial charge is 0.239 e. The van der Waals surface area contributed by atoms with Crippen molar-refractivity contribution in [3.05, 3.63) is 0 Å². The molecule has 2 saturated carbocycles. The zero-order valence-electron chi connectivity index (χ0n) is 13.2. The van der Waals surface area contributed by atoms with Crippen molar-refractivity contribution >= 4 is 5.91 Å². The number of carbonyl (C=O) groups excluding carboxylic acids is 1. The highest BCUT2D eigenvalue weighted by Gasteiger charge is 2.34. The Hall–Kier alpha value is -0.570. The number of hydrogen-bond acceptors (Lipinski definition) is 2. The summed E-state index contributed by atoms with van der Waals surface area (Å²) < 4.78 is 0. The summed E-state index contributed by atoms with van der Waals surface area (Å²) in [5.41, 5.74) is 6.15. The van der Waals surface area contributed by atoms with Gasteiger partial charge in [-0.25, -0.2) is 0 Å². The van der Waals surface area contributed by atoms with Crippen LogP contribution >= 0.6 is 0 Å². The molecule has 2 rings (SSSR count). The molecule has 20 heavy (non-hydrogen) atoms. The lowest BCUT2D eigenvalue weighted by Crippen LogP contribution is -2.54. The predicted molar refractivity (Wildman–Crippen MR) is 83.5 cm³/mol. The summed E-state index contributed by atoms with van der Waals surface area (Å²) in [5, 5.41) is 0. The van der Waals surface area contributed by atoms with Crippen LogP contribution in [-0.2, 0) is 4.79 Å². The van der Waals surface area contributed by atoms with Crippen LogP contribution in [0.2, 0.25) is 0 Å². The Morgan fingerprint density at radius 2 is 1.45 bits per heavy atom. The van der Waals surface area contributed by atoms with Crippen LogP contribution in [-0.4, -0.2) is 28.9 Å². The molecule has 0 unspecified atom stereocenters. The summed E-state index contributed by atoms with van der Waals surface area (Å²) in [6.45, 7) is 2.11. The third-order valence-electron chi connectivity index (χ3n) is 5.11. The first kappa shape index (κ1) is 15.8. The van der Waals surface area contributed by atoms with E-state index < -0.39 is 0 Å². The van der Waals surface area contributed by atoms with Gasteiger partial charge in [-0.05, 0) is 32.1 Å². The third-order valence-corrected chi connectivity index (χ3v) is 5.11. The van der Waals surface area contributed by atoms with Crippen molar-refractivity contribution in [3.63, 3.8) is 0 Å². The molecule has 3 nitrogen and oxygen atoms in total. The molecule has 0 aromatic carbocycles. The zero-order chi connectivity index (χ0) is 14.4. The SMILES string of the molecule is CCC[C@H](N)C(=O)N(C1CCCCC1)C1CCCCC1. The molecule has 2 aliphatic rings. The van der Waals surface area contributed by atoms with E-state index in [4.69, 9.17) is 5.73 Å². The van der Waals surface area contributed by atoms with Crippen molar-refractivity contribution in [1.82, 2.24) is 4.90 Å². The molecule has 0 spiro atoms. The largest absolute Gasteiger partial charge is 0.335 e. The molecule has 3 heteroatoms. The van der Waals surface area contributed by atoms with Crippen molar-refractivity contribution in [2.24, 2.45) is 5.73 Å². The lowest BCUT2D eigenvalue weighted by molar-refractivity contribution is -0.139. The van der Waals surface area contributed by atoms with Gasteiger partial charge in [0, 0.05) is 12.1 Å². The van der Waals surface area contributed by atoms with E-state index in [-0.39, 0.29) is 11.9 Å². The van der Waals surface area contributed by atoms with E-state index in [9.17, 15) is 4.79 Å². The van der Waals surface area contributed by atoms with Crippen LogP contribution in [0.3, 0.4) is 0 Å². The van der Waals surface area contributed by atoms with Crippen LogP contribution in [0.4, 0.5) is 0 Å². The molecule has 0 heterocycles. The van der Waals surface area contributed by atoms with E-state index in [0.29, 0.717) is 12.1 Å². The molecule has 1 atom stereocenters. The van der Waals surface area contributed by atoms with Gasteiger partial charge in [-0.15, -0.1) is 0 Å². The first-order chi connectivity index (χ1) is 9.74. The van der Waals surface area contributed by atoms with Gasteiger partial charge in [0.1, 0.15) is 0 Å². The number of nitrogens with two attached hydrogens (primary N) is 1. The van der Waals surface area contributed by atoms with E-state index in [0.717, 1.165) is 12.8 Å². The topological polar surface area (TPSA) is 46.3 Å². The molecule has 2 N–H and O–H groups in total. The first-order valence-corrected chi connectivity index (χ1v) is 8.81. The summed E-state index contributed by atoms with van der Waals surface area (Å²) in [4.78, 5) is 15.1. The Morgan fingerprint density at radius 1 is 1.00 bits per heavy atom. The summed E-state index contributed by atoms with van der Waals surface area (Å²) >= 11 is 0. The molecule has 0 saturated heterocycles. The van der Waals surface area contributed by atoms with Gasteiger partial charge in [0.25, 0.3) is 0 Å². The summed E-state index contributed by atoms with van der Waals surface area (Å²) in [6, 6.07) is 0.674. The minimum Gasteiger partial charge on any atom is -0.335 e. The van der Waals surface area contributed by atoms with Crippen molar-refractivity contribution in [2.75, 3.05) is 0 Å². The Morgan fingerprint density at radius 3 is 1.85 bits per heavy atom. The maximum atomic E-state index is 12.8. The van der Waals surface area contributed by atoms with Gasteiger partial charge in [-0.2, -0.15) is 0 Å². The molecule has 0 aliphatic heterocycles. The number of amides is 1. The second kappa shape index (κ2) is 8.02. The van der Waals surface area contributed by atoms with Gasteiger partial charge in [-0.1, -0.05) is 51.9 Å².